The Morgan fingerprint density at radius 1 is 0.369 bits per heavy atom. The molecule has 0 aromatic heterocycles. The topological polar surface area (TPSA) is 25.3 Å². The van der Waals surface area contributed by atoms with E-state index in [4.69, 9.17) is 0 Å². The molecule has 0 amide bonds. The van der Waals surface area contributed by atoms with Gasteiger partial charge in [0.2, 0.25) is 11.4 Å². The number of aryl methyl sites for hydroxylation is 2. The van der Waals surface area contributed by atoms with Crippen molar-refractivity contribution < 1.29 is 21.2 Å². The molecule has 1 aliphatic rings. The molecular formula is C62H106N2Ni. The predicted molar refractivity (Wildman–Crippen MR) is 289 cm³/mol. The van der Waals surface area contributed by atoms with Gasteiger partial charge >= 0.3 is 16.5 Å². The zero-order chi connectivity index (χ0) is 46.7. The van der Waals surface area contributed by atoms with Crippen LogP contribution in [-0.2, 0) is 29.3 Å². The van der Waals surface area contributed by atoms with Crippen molar-refractivity contribution in [3.05, 3.63) is 101 Å². The molecule has 374 valence electrons. The van der Waals surface area contributed by atoms with Crippen molar-refractivity contribution in [3.8, 4) is 0 Å². The molecule has 0 radical (unpaired) electrons. The van der Waals surface area contributed by atoms with Crippen LogP contribution in [0.2, 0.25) is 0 Å². The summed E-state index contributed by atoms with van der Waals surface area (Å²) in [4.78, 5) is 0. The van der Waals surface area contributed by atoms with E-state index in [-0.39, 0.29) is 16.5 Å². The van der Waals surface area contributed by atoms with E-state index in [1.165, 1.54) is 220 Å². The van der Waals surface area contributed by atoms with Crippen LogP contribution in [-0.4, -0.2) is 4.70 Å². The van der Waals surface area contributed by atoms with Crippen molar-refractivity contribution in [2.45, 2.75) is 286 Å². The van der Waals surface area contributed by atoms with Crippen molar-refractivity contribution >= 4 is 11.4 Å². The van der Waals surface area contributed by atoms with E-state index >= 15 is 0 Å². The van der Waals surface area contributed by atoms with Crippen LogP contribution in [0.5, 0.6) is 0 Å². The fraction of sp³-hybridized carbons (Fsp3) is 0.710. The molecule has 3 rings (SSSR count). The smallest absolute Gasteiger partial charge is 0.493 e. The molecule has 3 heteroatoms. The van der Waals surface area contributed by atoms with E-state index < -0.39 is 0 Å². The van der Waals surface area contributed by atoms with Gasteiger partial charge in [-0.15, -0.1) is 0 Å². The van der Waals surface area contributed by atoms with E-state index in [9.17, 15) is 5.53 Å². The van der Waals surface area contributed by atoms with Crippen LogP contribution in [0.3, 0.4) is 0 Å². The average molecular weight is 938 g/mol. The van der Waals surface area contributed by atoms with Gasteiger partial charge < -0.3 is 19.4 Å². The fourth-order valence-electron chi connectivity index (χ4n) is 9.22. The molecule has 0 N–H and O–H groups in total. The van der Waals surface area contributed by atoms with Crippen molar-refractivity contribution in [1.82, 2.24) is 0 Å². The van der Waals surface area contributed by atoms with Gasteiger partial charge in [-0.25, -0.2) is 4.70 Å². The average Bonchev–Trinajstić information content (AvgIpc) is 3.61. The standard InChI is InChI=1S/C26H32N2.2C18H37.Ni/c1-5-9-16-24-23(8-4)25(21-14-10-12-19(6-2)17-21)28(27)26(24)22-15-11-13-20(7-3)18-22;2*1-3-5-7-9-11-13-15-17-18-16-14-12-10-8-6-4-2;/h10-15,17-18H,5-9,16H2,1-4H3;2*1,3-18H2,2H3;/q;2*-1;+2. The minimum Gasteiger partial charge on any atom is -0.493 e. The van der Waals surface area contributed by atoms with E-state index in [2.05, 4.69) is 104 Å². The summed E-state index contributed by atoms with van der Waals surface area (Å²) >= 11 is 0. The van der Waals surface area contributed by atoms with Crippen LogP contribution in [0.25, 0.3) is 16.9 Å². The minimum atomic E-state index is 0. The Bertz CT molecular complexity index is 1390. The minimum absolute atomic E-state index is 0. The first-order valence-corrected chi connectivity index (χ1v) is 28.2. The van der Waals surface area contributed by atoms with Crippen LogP contribution in [0, 0.1) is 13.8 Å². The molecule has 0 saturated carbocycles. The van der Waals surface area contributed by atoms with Crippen LogP contribution in [0.15, 0.2) is 59.7 Å². The molecule has 2 aromatic rings. The van der Waals surface area contributed by atoms with Crippen molar-refractivity contribution in [2.75, 3.05) is 0 Å². The number of nitrogens with zero attached hydrogens (tertiary/aromatic N) is 2. The molecule has 2 aromatic carbocycles. The van der Waals surface area contributed by atoms with Gasteiger partial charge in [0.15, 0.2) is 0 Å². The second kappa shape index (κ2) is 45.8. The third-order valence-electron chi connectivity index (χ3n) is 13.4. The van der Waals surface area contributed by atoms with E-state index in [0.29, 0.717) is 0 Å². The number of hydrogen-bond acceptors (Lipinski definition) is 0. The molecule has 65 heavy (non-hydrogen) atoms. The summed E-state index contributed by atoms with van der Waals surface area (Å²) in [6, 6.07) is 17.2. The molecule has 0 saturated heterocycles. The van der Waals surface area contributed by atoms with Crippen molar-refractivity contribution in [3.63, 3.8) is 0 Å². The first-order chi connectivity index (χ1) is 31.5. The van der Waals surface area contributed by atoms with Gasteiger partial charge in [-0.3, -0.25) is 0 Å². The summed E-state index contributed by atoms with van der Waals surface area (Å²) in [6.45, 7) is 21.1. The Balaban J connectivity index is 0.000000982. The SMILES string of the molecule is CCCCC1=C(c2cccc(CC)c2)[N+](=[N-])C(c2cccc(CC)c2)=C1CC.[CH2-]CCCCCCCCCCCCCCCCC.[CH2-]CCCCCCCCCCCCCCCCC.[Ni+2]. The van der Waals surface area contributed by atoms with Gasteiger partial charge in [0, 0.05) is 22.3 Å². The number of unbranched alkanes of at least 4 members (excludes halogenated alkanes) is 31. The van der Waals surface area contributed by atoms with Gasteiger partial charge in [0.1, 0.15) is 0 Å². The number of hydrogen-bond donors (Lipinski definition) is 0. The molecule has 0 spiro atoms. The first kappa shape index (κ1) is 63.0. The zero-order valence-electron chi connectivity index (χ0n) is 44.1. The molecule has 1 heterocycles. The third-order valence-corrected chi connectivity index (χ3v) is 13.4. The second-order valence-corrected chi connectivity index (χ2v) is 19.1. The van der Waals surface area contributed by atoms with Crippen molar-refractivity contribution in [2.24, 2.45) is 0 Å². The Morgan fingerprint density at radius 3 is 0.938 bits per heavy atom. The predicted octanol–water partition coefficient (Wildman–Crippen LogP) is 21.7. The second-order valence-electron chi connectivity index (χ2n) is 19.1. The Kier molecular flexibility index (Phi) is 44.4. The maximum absolute atomic E-state index is 11.4. The Labute approximate surface area is 417 Å². The van der Waals surface area contributed by atoms with E-state index in [1.54, 1.807) is 0 Å². The summed E-state index contributed by atoms with van der Waals surface area (Å²) in [5.41, 5.74) is 20.7. The number of benzene rings is 2. The van der Waals surface area contributed by atoms with Gasteiger partial charge in [-0.05, 0) is 67.5 Å². The molecule has 1 aliphatic heterocycles. The van der Waals surface area contributed by atoms with E-state index in [0.717, 1.165) is 73.9 Å². The maximum Gasteiger partial charge on any atom is 2.00 e. The van der Waals surface area contributed by atoms with Gasteiger partial charge in [0.25, 0.3) is 0 Å². The number of allylic oxidation sites excluding steroid dienone is 2. The molecule has 2 nitrogen and oxygen atoms in total. The summed E-state index contributed by atoms with van der Waals surface area (Å²) in [5, 5.41) is 0. The summed E-state index contributed by atoms with van der Waals surface area (Å²) < 4.78 is 1.47. The van der Waals surface area contributed by atoms with Crippen LogP contribution in [0.1, 0.15) is 295 Å². The number of rotatable bonds is 38. The first-order valence-electron chi connectivity index (χ1n) is 28.2. The summed E-state index contributed by atoms with van der Waals surface area (Å²) in [6.07, 6.45) is 51.8. The molecular weight excluding hydrogens is 831 g/mol. The third kappa shape index (κ3) is 30.2. The van der Waals surface area contributed by atoms with Gasteiger partial charge in [-0.2, -0.15) is 12.8 Å². The monoisotopic (exact) mass is 937 g/mol. The quantitative estimate of drug-likeness (QED) is 0.0277. The van der Waals surface area contributed by atoms with E-state index in [1.807, 2.05) is 0 Å². The van der Waals surface area contributed by atoms with Crippen LogP contribution >= 0.6 is 0 Å². The van der Waals surface area contributed by atoms with Crippen LogP contribution in [0.4, 0.5) is 0 Å². The largest absolute Gasteiger partial charge is 2.00 e. The van der Waals surface area contributed by atoms with Gasteiger partial charge in [-0.1, -0.05) is 265 Å². The maximum atomic E-state index is 11.4. The molecule has 0 unspecified atom stereocenters. The Morgan fingerprint density at radius 2 is 0.662 bits per heavy atom. The normalized spacial score (nSPS) is 12.3. The Hall–Kier alpha value is -1.99. The zero-order valence-corrected chi connectivity index (χ0v) is 45.1. The fourth-order valence-corrected chi connectivity index (χ4v) is 9.22. The summed E-state index contributed by atoms with van der Waals surface area (Å²) in [5.74, 6) is 0. The van der Waals surface area contributed by atoms with Gasteiger partial charge in [0.05, 0.1) is 0 Å². The molecule has 0 atom stereocenters. The van der Waals surface area contributed by atoms with Crippen LogP contribution < -0.4 is 0 Å². The molecule has 0 aliphatic carbocycles. The molecule has 0 fully saturated rings. The summed E-state index contributed by atoms with van der Waals surface area (Å²) in [7, 11) is 0. The molecule has 0 bridgehead atoms. The van der Waals surface area contributed by atoms with Crippen molar-refractivity contribution in [1.29, 1.82) is 0 Å².